The number of para-hydroxylation sites is 2. The van der Waals surface area contributed by atoms with Crippen LogP contribution in [0.25, 0.3) is 16.3 Å². The predicted octanol–water partition coefficient (Wildman–Crippen LogP) is 5.10. The largest absolute Gasteiger partial charge is 0.493 e. The van der Waals surface area contributed by atoms with E-state index < -0.39 is 0 Å². The van der Waals surface area contributed by atoms with E-state index in [1.807, 2.05) is 42.5 Å². The summed E-state index contributed by atoms with van der Waals surface area (Å²) in [5.41, 5.74) is 1.65. The minimum absolute atomic E-state index is 0.135. The van der Waals surface area contributed by atoms with E-state index in [9.17, 15) is 4.79 Å². The van der Waals surface area contributed by atoms with Gasteiger partial charge in [0.2, 0.25) is 5.13 Å². The third-order valence-corrected chi connectivity index (χ3v) is 6.33. The second-order valence-corrected chi connectivity index (χ2v) is 8.27. The van der Waals surface area contributed by atoms with E-state index in [0.717, 1.165) is 15.8 Å². The number of amides is 1. The maximum Gasteiger partial charge on any atom is 0.267 e. The van der Waals surface area contributed by atoms with Crippen LogP contribution in [0.15, 0.2) is 65.0 Å². The van der Waals surface area contributed by atoms with Gasteiger partial charge in [0, 0.05) is 12.1 Å². The van der Waals surface area contributed by atoms with Crippen LogP contribution >= 0.6 is 23.1 Å². The highest BCUT2D eigenvalue weighted by atomic mass is 32.2. The third-order valence-electron chi connectivity index (χ3n) is 4.39. The summed E-state index contributed by atoms with van der Waals surface area (Å²) in [6.45, 7) is 4.13. The number of ether oxygens (including phenoxy) is 2. The van der Waals surface area contributed by atoms with E-state index in [-0.39, 0.29) is 5.91 Å². The van der Waals surface area contributed by atoms with Crippen LogP contribution in [0.4, 0.5) is 5.13 Å². The number of aliphatic imine (C=N–C) groups is 1. The van der Waals surface area contributed by atoms with E-state index in [4.69, 9.17) is 9.47 Å². The Morgan fingerprint density at radius 2 is 2.00 bits per heavy atom. The number of aromatic nitrogens is 1. The lowest BCUT2D eigenvalue weighted by Gasteiger charge is -2.12. The molecule has 2 heterocycles. The van der Waals surface area contributed by atoms with Gasteiger partial charge in [-0.3, -0.25) is 9.69 Å². The van der Waals surface area contributed by atoms with Crippen molar-refractivity contribution in [2.45, 2.75) is 0 Å². The molecule has 1 aromatic heterocycles. The highest BCUT2D eigenvalue weighted by molar-refractivity contribution is 8.18. The standard InChI is InChI=1S/C22H19N3O3S2/c1-4-12-25-20(26)18(13-14-8-7-10-16(27-2)19(14)28-3)30-22(25)24-21-23-15-9-5-6-11-17(15)29-21/h4-11,13H,1,12H2,2-3H3/b18-13-,24-22-. The van der Waals surface area contributed by atoms with Crippen molar-refractivity contribution in [2.24, 2.45) is 4.99 Å². The SMILES string of the molecule is C=CCN1C(=O)/C(=C/c2cccc(OC)c2OC)S/C1=N\c1nc2ccccc2s1. The number of carbonyl (C=O) groups excluding carboxylic acids is 1. The summed E-state index contributed by atoms with van der Waals surface area (Å²) in [7, 11) is 3.16. The third kappa shape index (κ3) is 3.83. The Morgan fingerprint density at radius 1 is 1.17 bits per heavy atom. The zero-order chi connectivity index (χ0) is 21.1. The molecular formula is C22H19N3O3S2. The number of hydrogen-bond donors (Lipinski definition) is 0. The maximum atomic E-state index is 13.0. The summed E-state index contributed by atoms with van der Waals surface area (Å²) in [5.74, 6) is 1.05. The van der Waals surface area contributed by atoms with Crippen LogP contribution in [-0.2, 0) is 4.79 Å². The van der Waals surface area contributed by atoms with Crippen molar-refractivity contribution in [2.75, 3.05) is 20.8 Å². The quantitative estimate of drug-likeness (QED) is 0.396. The van der Waals surface area contributed by atoms with E-state index in [2.05, 4.69) is 16.6 Å². The van der Waals surface area contributed by atoms with Crippen molar-refractivity contribution in [3.8, 4) is 11.5 Å². The van der Waals surface area contributed by atoms with Crippen LogP contribution in [0.5, 0.6) is 11.5 Å². The molecule has 4 rings (SSSR count). The first-order valence-corrected chi connectivity index (χ1v) is 10.8. The van der Waals surface area contributed by atoms with Gasteiger partial charge in [-0.15, -0.1) is 6.58 Å². The molecule has 0 radical (unpaired) electrons. The summed E-state index contributed by atoms with van der Waals surface area (Å²) < 4.78 is 11.9. The van der Waals surface area contributed by atoms with Crippen LogP contribution in [0.3, 0.4) is 0 Å². The summed E-state index contributed by atoms with van der Waals surface area (Å²) in [5, 5.41) is 1.19. The molecular weight excluding hydrogens is 418 g/mol. The molecule has 8 heteroatoms. The Labute approximate surface area is 182 Å². The minimum Gasteiger partial charge on any atom is -0.493 e. The lowest BCUT2D eigenvalue weighted by molar-refractivity contribution is -0.121. The maximum absolute atomic E-state index is 13.0. The first-order valence-electron chi connectivity index (χ1n) is 9.12. The first kappa shape index (κ1) is 20.2. The number of carbonyl (C=O) groups is 1. The topological polar surface area (TPSA) is 64.0 Å². The van der Waals surface area contributed by atoms with Crippen LogP contribution in [0.1, 0.15) is 5.56 Å². The molecule has 30 heavy (non-hydrogen) atoms. The number of fused-ring (bicyclic) bond motifs is 1. The summed E-state index contributed by atoms with van der Waals surface area (Å²) in [4.78, 5) is 24.4. The smallest absolute Gasteiger partial charge is 0.267 e. The Balaban J connectivity index is 1.73. The van der Waals surface area contributed by atoms with Gasteiger partial charge >= 0.3 is 0 Å². The zero-order valence-corrected chi connectivity index (χ0v) is 18.1. The summed E-state index contributed by atoms with van der Waals surface area (Å²) >= 11 is 2.80. The fraction of sp³-hybridized carbons (Fsp3) is 0.136. The second kappa shape index (κ2) is 8.73. The lowest BCUT2D eigenvalue weighted by Crippen LogP contribution is -2.29. The molecule has 6 nitrogen and oxygen atoms in total. The van der Waals surface area contributed by atoms with Gasteiger partial charge in [0.15, 0.2) is 16.7 Å². The van der Waals surface area contributed by atoms with E-state index in [1.165, 1.54) is 23.1 Å². The molecule has 3 aromatic rings. The normalized spacial score (nSPS) is 16.6. The fourth-order valence-corrected chi connectivity index (χ4v) is 4.91. The molecule has 0 saturated carbocycles. The molecule has 0 N–H and O–H groups in total. The average molecular weight is 438 g/mol. The fourth-order valence-electron chi connectivity index (χ4n) is 3.04. The molecule has 2 aromatic carbocycles. The molecule has 0 unspecified atom stereocenters. The van der Waals surface area contributed by atoms with Gasteiger partial charge < -0.3 is 9.47 Å². The number of nitrogens with zero attached hydrogens (tertiary/aromatic N) is 3. The number of thiazole rings is 1. The molecule has 152 valence electrons. The molecule has 1 amide bonds. The van der Waals surface area contributed by atoms with Crippen molar-refractivity contribution >= 4 is 55.6 Å². The van der Waals surface area contributed by atoms with Crippen molar-refractivity contribution in [1.29, 1.82) is 0 Å². The van der Waals surface area contributed by atoms with E-state index >= 15 is 0 Å². The molecule has 0 aliphatic carbocycles. The van der Waals surface area contributed by atoms with Crippen molar-refractivity contribution in [3.05, 3.63) is 65.6 Å². The summed E-state index contributed by atoms with van der Waals surface area (Å²) in [6.07, 6.45) is 3.48. The highest BCUT2D eigenvalue weighted by Gasteiger charge is 2.33. The lowest BCUT2D eigenvalue weighted by atomic mass is 10.1. The van der Waals surface area contributed by atoms with E-state index in [1.54, 1.807) is 31.3 Å². The number of hydrogen-bond acceptors (Lipinski definition) is 7. The van der Waals surface area contributed by atoms with Gasteiger partial charge in [0.25, 0.3) is 5.91 Å². The Kier molecular flexibility index (Phi) is 5.87. The number of rotatable bonds is 6. The summed E-state index contributed by atoms with van der Waals surface area (Å²) in [6, 6.07) is 13.4. The highest BCUT2D eigenvalue weighted by Crippen LogP contribution is 2.38. The van der Waals surface area contributed by atoms with Crippen molar-refractivity contribution < 1.29 is 14.3 Å². The second-order valence-electron chi connectivity index (χ2n) is 6.26. The molecule has 0 spiro atoms. The number of methoxy groups -OCH3 is 2. The zero-order valence-electron chi connectivity index (χ0n) is 16.5. The molecule has 1 aliphatic heterocycles. The van der Waals surface area contributed by atoms with Gasteiger partial charge in [0.1, 0.15) is 0 Å². The Morgan fingerprint density at radius 3 is 2.73 bits per heavy atom. The van der Waals surface area contributed by atoms with Crippen molar-refractivity contribution in [1.82, 2.24) is 9.88 Å². The van der Waals surface area contributed by atoms with Gasteiger partial charge in [0.05, 0.1) is 29.3 Å². The molecule has 1 saturated heterocycles. The van der Waals surface area contributed by atoms with Gasteiger partial charge in [-0.2, -0.15) is 4.99 Å². The van der Waals surface area contributed by atoms with Gasteiger partial charge in [-0.1, -0.05) is 41.7 Å². The van der Waals surface area contributed by atoms with Crippen LogP contribution in [0, 0.1) is 0 Å². The average Bonchev–Trinajstić information content (AvgIpc) is 3.29. The monoisotopic (exact) mass is 437 g/mol. The molecule has 1 aliphatic rings. The van der Waals surface area contributed by atoms with Crippen LogP contribution in [0.2, 0.25) is 0 Å². The Bertz CT molecular complexity index is 1150. The molecule has 0 bridgehead atoms. The van der Waals surface area contributed by atoms with Crippen molar-refractivity contribution in [3.63, 3.8) is 0 Å². The number of amidine groups is 1. The van der Waals surface area contributed by atoms with Crippen LogP contribution in [-0.4, -0.2) is 41.7 Å². The minimum atomic E-state index is -0.135. The molecule has 1 fully saturated rings. The van der Waals surface area contributed by atoms with Gasteiger partial charge in [-0.25, -0.2) is 4.98 Å². The number of thioether (sulfide) groups is 1. The molecule has 0 atom stereocenters. The first-order chi connectivity index (χ1) is 14.6. The van der Waals surface area contributed by atoms with E-state index in [0.29, 0.717) is 33.2 Å². The van der Waals surface area contributed by atoms with Gasteiger partial charge in [-0.05, 0) is 36.0 Å². The Hall–Kier alpha value is -3.10. The predicted molar refractivity (Wildman–Crippen MR) is 124 cm³/mol. The number of benzene rings is 2. The van der Waals surface area contributed by atoms with Crippen LogP contribution < -0.4 is 9.47 Å².